The normalized spacial score (nSPS) is 23.1. The van der Waals surface area contributed by atoms with E-state index in [2.05, 4.69) is 31.4 Å². The van der Waals surface area contributed by atoms with Crippen LogP contribution in [0.5, 0.6) is 5.75 Å². The fourth-order valence-corrected chi connectivity index (χ4v) is 5.58. The fourth-order valence-electron chi connectivity index (χ4n) is 5.30. The van der Waals surface area contributed by atoms with Crippen LogP contribution in [0.3, 0.4) is 0 Å². The van der Waals surface area contributed by atoms with Gasteiger partial charge >= 0.3 is 5.97 Å². The molecular weight excluding hydrogens is 568 g/mol. The van der Waals surface area contributed by atoms with Gasteiger partial charge in [-0.3, -0.25) is 4.79 Å². The molecule has 1 heterocycles. The van der Waals surface area contributed by atoms with E-state index < -0.39 is 35.2 Å². The van der Waals surface area contributed by atoms with Crippen LogP contribution in [0.15, 0.2) is 59.7 Å². The third kappa shape index (κ3) is 7.49. The maximum atomic E-state index is 15.6. The number of carbonyl (C=O) groups excluding carboxylic acids is 2. The van der Waals surface area contributed by atoms with Crippen molar-refractivity contribution in [1.82, 2.24) is 5.32 Å². The van der Waals surface area contributed by atoms with Gasteiger partial charge in [-0.1, -0.05) is 68.3 Å². The van der Waals surface area contributed by atoms with Gasteiger partial charge in [0.15, 0.2) is 0 Å². The number of nitrogens with one attached hydrogen (secondary N) is 2. The van der Waals surface area contributed by atoms with Crippen molar-refractivity contribution in [1.29, 1.82) is 0 Å². The van der Waals surface area contributed by atoms with Gasteiger partial charge in [0.05, 0.1) is 36.5 Å². The molecule has 0 saturated carbocycles. The summed E-state index contributed by atoms with van der Waals surface area (Å²) < 4.78 is 25.9. The summed E-state index contributed by atoms with van der Waals surface area (Å²) >= 11 is 12.4. The molecule has 41 heavy (non-hydrogen) atoms. The predicted molar refractivity (Wildman–Crippen MR) is 162 cm³/mol. The van der Waals surface area contributed by atoms with E-state index in [4.69, 9.17) is 38.4 Å². The topological polar surface area (TPSA) is 103 Å². The van der Waals surface area contributed by atoms with E-state index in [1.54, 1.807) is 30.4 Å². The Morgan fingerprint density at radius 2 is 1.93 bits per heavy atom. The lowest BCUT2D eigenvalue weighted by atomic mass is 9.70. The minimum absolute atomic E-state index is 0.0594. The van der Waals surface area contributed by atoms with Crippen LogP contribution in [0.2, 0.25) is 5.02 Å². The number of hydrogen-bond acceptors (Lipinski definition) is 6. The number of carbonyl (C=O) groups is 2. The van der Waals surface area contributed by atoms with Crippen LogP contribution in [-0.2, 0) is 9.53 Å². The number of amides is 1. The number of ether oxygens (including phenoxy) is 2. The van der Waals surface area contributed by atoms with E-state index in [-0.39, 0.29) is 33.4 Å². The number of halogens is 3. The summed E-state index contributed by atoms with van der Waals surface area (Å²) in [6.45, 7) is 8.06. The van der Waals surface area contributed by atoms with Crippen LogP contribution in [0.4, 0.5) is 10.1 Å². The molecule has 10 heteroatoms. The van der Waals surface area contributed by atoms with Crippen LogP contribution in [0.25, 0.3) is 0 Å². The number of esters is 1. The van der Waals surface area contributed by atoms with Crippen LogP contribution < -0.4 is 21.1 Å². The van der Waals surface area contributed by atoms with Crippen molar-refractivity contribution in [3.8, 4) is 5.75 Å². The first kappa shape index (κ1) is 32.6. The maximum Gasteiger partial charge on any atom is 0.337 e. The standard InChI is InChI=1S/C31H38Cl2FN3O4/c1-7-19(32)10-9-15-31(35)24(17-30(2,3)4)37-27(25(31)20-11-8-12-21(33)26(20)34)28(38)36-22-14-13-18(29(39)41-6)16-23(22)40-5/h7-14,16,24-25,27,37H,15,17,35H2,1-6H3,(H,36,38)/b10-9-,19-7+/t24-,25-,27+,31+/m0/s1. The molecule has 0 radical (unpaired) electrons. The monoisotopic (exact) mass is 605 g/mol. The summed E-state index contributed by atoms with van der Waals surface area (Å²) in [6.07, 6.45) is 6.27. The Morgan fingerprint density at radius 3 is 2.54 bits per heavy atom. The van der Waals surface area contributed by atoms with E-state index in [1.165, 1.54) is 32.4 Å². The summed E-state index contributed by atoms with van der Waals surface area (Å²) in [4.78, 5) is 26.0. The van der Waals surface area contributed by atoms with Crippen LogP contribution in [0, 0.1) is 11.2 Å². The molecule has 2 aromatic carbocycles. The highest BCUT2D eigenvalue weighted by molar-refractivity contribution is 6.31. The third-order valence-electron chi connectivity index (χ3n) is 7.26. The molecule has 222 valence electrons. The average molecular weight is 607 g/mol. The largest absolute Gasteiger partial charge is 0.495 e. The van der Waals surface area contributed by atoms with Gasteiger partial charge in [-0.15, -0.1) is 0 Å². The Hall–Kier alpha value is -2.91. The summed E-state index contributed by atoms with van der Waals surface area (Å²) in [5.74, 6) is -2.15. The summed E-state index contributed by atoms with van der Waals surface area (Å²) in [6, 6.07) is 7.96. The molecule has 4 atom stereocenters. The smallest absolute Gasteiger partial charge is 0.337 e. The lowest BCUT2D eigenvalue weighted by Gasteiger charge is -2.38. The van der Waals surface area contributed by atoms with Crippen LogP contribution in [0.1, 0.15) is 62.4 Å². The summed E-state index contributed by atoms with van der Waals surface area (Å²) in [5, 5.41) is 6.80. The Bertz CT molecular complexity index is 1340. The van der Waals surface area contributed by atoms with E-state index in [1.807, 2.05) is 13.0 Å². The molecule has 0 spiro atoms. The van der Waals surface area contributed by atoms with Gasteiger partial charge < -0.3 is 25.8 Å². The molecule has 0 aliphatic carbocycles. The van der Waals surface area contributed by atoms with Crippen molar-refractivity contribution in [3.63, 3.8) is 0 Å². The third-order valence-corrected chi connectivity index (χ3v) is 7.90. The van der Waals surface area contributed by atoms with Crippen molar-refractivity contribution >= 4 is 40.8 Å². The second kappa shape index (κ2) is 13.4. The van der Waals surface area contributed by atoms with E-state index in [9.17, 15) is 9.59 Å². The first-order valence-electron chi connectivity index (χ1n) is 13.3. The minimum atomic E-state index is -1.10. The summed E-state index contributed by atoms with van der Waals surface area (Å²) in [7, 11) is 2.70. The highest BCUT2D eigenvalue weighted by atomic mass is 35.5. The molecule has 1 amide bonds. The highest BCUT2D eigenvalue weighted by Crippen LogP contribution is 2.46. The molecule has 1 aliphatic heterocycles. The second-order valence-corrected chi connectivity index (χ2v) is 12.2. The zero-order valence-electron chi connectivity index (χ0n) is 24.2. The van der Waals surface area contributed by atoms with Gasteiger partial charge in [0.1, 0.15) is 11.6 Å². The number of rotatable bonds is 9. The van der Waals surface area contributed by atoms with Gasteiger partial charge in [-0.2, -0.15) is 0 Å². The van der Waals surface area contributed by atoms with Crippen molar-refractivity contribution in [2.75, 3.05) is 19.5 Å². The van der Waals surface area contributed by atoms with Crippen molar-refractivity contribution in [3.05, 3.63) is 81.6 Å². The van der Waals surface area contributed by atoms with E-state index in [0.29, 0.717) is 23.6 Å². The number of benzene rings is 2. The quantitative estimate of drug-likeness (QED) is 0.221. The zero-order valence-corrected chi connectivity index (χ0v) is 25.7. The fraction of sp³-hybridized carbons (Fsp3) is 0.419. The molecule has 2 aromatic rings. The Balaban J connectivity index is 2.12. The number of methoxy groups -OCH3 is 2. The first-order valence-corrected chi connectivity index (χ1v) is 14.1. The number of nitrogens with two attached hydrogens (primary N) is 1. The van der Waals surface area contributed by atoms with Crippen molar-refractivity contribution in [2.24, 2.45) is 11.1 Å². The highest BCUT2D eigenvalue weighted by Gasteiger charge is 2.56. The van der Waals surface area contributed by atoms with Crippen molar-refractivity contribution < 1.29 is 23.5 Å². The van der Waals surface area contributed by atoms with E-state index >= 15 is 4.39 Å². The molecule has 1 saturated heterocycles. The first-order chi connectivity index (χ1) is 19.2. The molecular formula is C31H38Cl2FN3O4. The molecule has 0 bridgehead atoms. The second-order valence-electron chi connectivity index (χ2n) is 11.4. The number of hydrogen-bond donors (Lipinski definition) is 3. The Morgan fingerprint density at radius 1 is 1.22 bits per heavy atom. The van der Waals surface area contributed by atoms with Crippen molar-refractivity contribution in [2.45, 2.75) is 64.1 Å². The predicted octanol–water partition coefficient (Wildman–Crippen LogP) is 6.56. The number of anilines is 1. The van der Waals surface area contributed by atoms with E-state index in [0.717, 1.165) is 0 Å². The van der Waals surface area contributed by atoms with Gasteiger partial charge in [-0.25, -0.2) is 9.18 Å². The average Bonchev–Trinajstić information content (AvgIpc) is 3.20. The molecule has 0 aromatic heterocycles. The van der Waals surface area contributed by atoms with Crippen LogP contribution >= 0.6 is 23.2 Å². The van der Waals surface area contributed by atoms with Gasteiger partial charge in [0.2, 0.25) is 5.91 Å². The summed E-state index contributed by atoms with van der Waals surface area (Å²) in [5.41, 5.74) is 6.81. The zero-order chi connectivity index (χ0) is 30.5. The number of allylic oxidation sites excluding steroid dienone is 3. The lowest BCUT2D eigenvalue weighted by molar-refractivity contribution is -0.118. The molecule has 4 N–H and O–H groups in total. The van der Waals surface area contributed by atoms with Gasteiger partial charge in [0, 0.05) is 22.5 Å². The Kier molecular flexibility index (Phi) is 10.6. The lowest BCUT2D eigenvalue weighted by Crippen LogP contribution is -2.54. The van der Waals surface area contributed by atoms with Crippen LogP contribution in [-0.4, -0.2) is 43.7 Å². The molecule has 1 fully saturated rings. The minimum Gasteiger partial charge on any atom is -0.495 e. The molecule has 1 aliphatic rings. The molecule has 3 rings (SSSR count). The molecule has 0 unspecified atom stereocenters. The van der Waals surface area contributed by atoms with Gasteiger partial charge in [0.25, 0.3) is 0 Å². The van der Waals surface area contributed by atoms with Gasteiger partial charge in [-0.05, 0) is 61.1 Å². The Labute approximate surface area is 251 Å². The molecule has 7 nitrogen and oxygen atoms in total. The maximum absolute atomic E-state index is 15.6. The SMILES string of the molecule is C/C=C(Cl)\C=C/C[C@@]1(N)[C@H](CC(C)(C)C)N[C@@H](C(=O)Nc2ccc(C(=O)OC)cc2OC)[C@@H]1c1cccc(Cl)c1F.